The predicted octanol–water partition coefficient (Wildman–Crippen LogP) is 2.94. The highest BCUT2D eigenvalue weighted by molar-refractivity contribution is 7.20. The molecule has 0 radical (unpaired) electrons. The number of benzene rings is 1. The zero-order chi connectivity index (χ0) is 16.4. The van der Waals surface area contributed by atoms with Crippen molar-refractivity contribution >= 4 is 39.4 Å². The molecule has 0 aliphatic rings. The first-order valence-corrected chi connectivity index (χ1v) is 7.22. The number of fused-ring (bicyclic) bond motifs is 1. The standard InChI is InChI=1S/C14H11N3O5S/c1-21-8-4-2-7(3-5-8)12(18)15-11-9-6-10(22-14(19)20)23-13(9)17-16-11/h2-6H,1H3,(H,19,20)(H2,15,16,17,18). The summed E-state index contributed by atoms with van der Waals surface area (Å²) in [5.41, 5.74) is 0.444. The van der Waals surface area contributed by atoms with E-state index in [0.717, 1.165) is 11.3 Å². The van der Waals surface area contributed by atoms with Crippen molar-refractivity contribution in [2.45, 2.75) is 0 Å². The zero-order valence-electron chi connectivity index (χ0n) is 11.8. The van der Waals surface area contributed by atoms with Gasteiger partial charge >= 0.3 is 6.16 Å². The van der Waals surface area contributed by atoms with Gasteiger partial charge in [0.2, 0.25) is 0 Å². The lowest BCUT2D eigenvalue weighted by Gasteiger charge is -2.03. The average Bonchev–Trinajstić information content (AvgIpc) is 3.08. The lowest BCUT2D eigenvalue weighted by atomic mass is 10.2. The number of ether oxygens (including phenoxy) is 2. The Labute approximate surface area is 133 Å². The summed E-state index contributed by atoms with van der Waals surface area (Å²) >= 11 is 1.09. The minimum atomic E-state index is -1.40. The van der Waals surface area contributed by atoms with Crippen LogP contribution >= 0.6 is 11.3 Å². The number of nitrogens with one attached hydrogen (secondary N) is 2. The van der Waals surface area contributed by atoms with Gasteiger partial charge in [-0.1, -0.05) is 11.3 Å². The Bertz CT molecular complexity index is 868. The van der Waals surface area contributed by atoms with Crippen LogP contribution in [0.5, 0.6) is 10.8 Å². The molecule has 0 atom stereocenters. The Morgan fingerprint density at radius 3 is 2.70 bits per heavy atom. The number of carbonyl (C=O) groups is 2. The Balaban J connectivity index is 1.81. The van der Waals surface area contributed by atoms with Crippen LogP contribution in [0.15, 0.2) is 30.3 Å². The van der Waals surface area contributed by atoms with Crippen molar-refractivity contribution < 1.29 is 24.2 Å². The lowest BCUT2D eigenvalue weighted by molar-refractivity contribution is 0.102. The minimum Gasteiger partial charge on any atom is -0.497 e. The van der Waals surface area contributed by atoms with Gasteiger partial charge in [0, 0.05) is 11.6 Å². The Hall–Kier alpha value is -3.07. The van der Waals surface area contributed by atoms with Crippen LogP contribution in [0.25, 0.3) is 10.2 Å². The van der Waals surface area contributed by atoms with Gasteiger partial charge in [-0.15, -0.1) is 0 Å². The lowest BCUT2D eigenvalue weighted by Crippen LogP contribution is -2.12. The van der Waals surface area contributed by atoms with Gasteiger partial charge in [-0.05, 0) is 24.3 Å². The number of rotatable bonds is 4. The number of aromatic amines is 1. The zero-order valence-corrected chi connectivity index (χ0v) is 12.6. The van der Waals surface area contributed by atoms with Crippen molar-refractivity contribution in [2.75, 3.05) is 12.4 Å². The number of H-pyrrole nitrogens is 1. The number of amides is 1. The molecule has 23 heavy (non-hydrogen) atoms. The molecule has 2 aromatic heterocycles. The van der Waals surface area contributed by atoms with Crippen LogP contribution in [-0.4, -0.2) is 34.5 Å². The van der Waals surface area contributed by atoms with Gasteiger partial charge in [0.05, 0.1) is 12.5 Å². The van der Waals surface area contributed by atoms with Gasteiger partial charge in [0.25, 0.3) is 5.91 Å². The van der Waals surface area contributed by atoms with Crippen molar-refractivity contribution in [1.29, 1.82) is 0 Å². The highest BCUT2D eigenvalue weighted by Crippen LogP contribution is 2.34. The summed E-state index contributed by atoms with van der Waals surface area (Å²) in [6, 6.07) is 8.12. The second-order valence-electron chi connectivity index (χ2n) is 4.43. The number of anilines is 1. The molecule has 0 saturated heterocycles. The first-order valence-electron chi connectivity index (χ1n) is 6.41. The molecule has 0 fully saturated rings. The number of hydrogen-bond donors (Lipinski definition) is 3. The van der Waals surface area contributed by atoms with Crippen LogP contribution in [0.1, 0.15) is 10.4 Å². The molecule has 3 N–H and O–H groups in total. The third-order valence-electron chi connectivity index (χ3n) is 3.01. The smallest absolute Gasteiger partial charge is 0.497 e. The third kappa shape index (κ3) is 3.09. The van der Waals surface area contributed by atoms with Crippen LogP contribution in [0.2, 0.25) is 0 Å². The van der Waals surface area contributed by atoms with E-state index in [2.05, 4.69) is 20.3 Å². The molecule has 1 aromatic carbocycles. The molecule has 0 saturated carbocycles. The maximum Gasteiger partial charge on any atom is 0.512 e. The fraction of sp³-hybridized carbons (Fsp3) is 0.0714. The number of hydrogen-bond acceptors (Lipinski definition) is 6. The van der Waals surface area contributed by atoms with Gasteiger partial charge < -0.3 is 19.9 Å². The fourth-order valence-electron chi connectivity index (χ4n) is 1.95. The molecular formula is C14H11N3O5S. The maximum absolute atomic E-state index is 12.2. The highest BCUT2D eigenvalue weighted by Gasteiger charge is 2.15. The van der Waals surface area contributed by atoms with Crippen LogP contribution in [-0.2, 0) is 0 Å². The molecule has 2 heterocycles. The molecule has 3 rings (SSSR count). The van der Waals surface area contributed by atoms with Gasteiger partial charge in [-0.25, -0.2) is 4.79 Å². The molecule has 118 valence electrons. The monoisotopic (exact) mass is 333 g/mol. The fourth-order valence-corrected chi connectivity index (χ4v) is 2.80. The van der Waals surface area contributed by atoms with Crippen molar-refractivity contribution in [3.63, 3.8) is 0 Å². The average molecular weight is 333 g/mol. The molecule has 8 nitrogen and oxygen atoms in total. The van der Waals surface area contributed by atoms with E-state index in [1.54, 1.807) is 31.4 Å². The summed E-state index contributed by atoms with van der Waals surface area (Å²) in [6.07, 6.45) is -1.40. The topological polar surface area (TPSA) is 114 Å². The van der Waals surface area contributed by atoms with Crippen molar-refractivity contribution in [3.8, 4) is 10.8 Å². The Morgan fingerprint density at radius 2 is 2.04 bits per heavy atom. The van der Waals surface area contributed by atoms with Crippen LogP contribution < -0.4 is 14.8 Å². The van der Waals surface area contributed by atoms with E-state index < -0.39 is 6.16 Å². The summed E-state index contributed by atoms with van der Waals surface area (Å²) in [4.78, 5) is 23.4. The molecule has 1 amide bonds. The first-order chi connectivity index (χ1) is 11.1. The second-order valence-corrected chi connectivity index (χ2v) is 5.45. The highest BCUT2D eigenvalue weighted by atomic mass is 32.1. The Kier molecular flexibility index (Phi) is 3.85. The van der Waals surface area contributed by atoms with Crippen molar-refractivity contribution in [3.05, 3.63) is 35.9 Å². The van der Waals surface area contributed by atoms with E-state index in [0.29, 0.717) is 27.3 Å². The number of aromatic nitrogens is 2. The van der Waals surface area contributed by atoms with Crippen LogP contribution in [0.3, 0.4) is 0 Å². The summed E-state index contributed by atoms with van der Waals surface area (Å²) in [5, 5.41) is 18.8. The molecule has 0 spiro atoms. The molecule has 9 heteroatoms. The van der Waals surface area contributed by atoms with Crippen molar-refractivity contribution in [1.82, 2.24) is 10.2 Å². The molecular weight excluding hydrogens is 322 g/mol. The van der Waals surface area contributed by atoms with Gasteiger partial charge in [-0.2, -0.15) is 5.10 Å². The number of carbonyl (C=O) groups excluding carboxylic acids is 1. The van der Waals surface area contributed by atoms with E-state index in [9.17, 15) is 9.59 Å². The third-order valence-corrected chi connectivity index (χ3v) is 3.92. The molecule has 0 unspecified atom stereocenters. The number of thiophene rings is 1. The molecule has 0 bridgehead atoms. The number of nitrogens with zero attached hydrogens (tertiary/aromatic N) is 1. The van der Waals surface area contributed by atoms with E-state index >= 15 is 0 Å². The van der Waals surface area contributed by atoms with Gasteiger partial charge in [-0.3, -0.25) is 9.89 Å². The largest absolute Gasteiger partial charge is 0.512 e. The molecule has 0 aliphatic carbocycles. The maximum atomic E-state index is 12.2. The minimum absolute atomic E-state index is 0.195. The molecule has 3 aromatic rings. The first kappa shape index (κ1) is 14.9. The van der Waals surface area contributed by atoms with E-state index in [-0.39, 0.29) is 11.0 Å². The number of methoxy groups -OCH3 is 1. The number of carboxylic acid groups (broad SMARTS) is 1. The predicted molar refractivity (Wildman–Crippen MR) is 83.6 cm³/mol. The van der Waals surface area contributed by atoms with Crippen LogP contribution in [0.4, 0.5) is 10.6 Å². The summed E-state index contributed by atoms with van der Waals surface area (Å²) in [6.45, 7) is 0. The van der Waals surface area contributed by atoms with E-state index in [1.165, 1.54) is 6.07 Å². The summed E-state index contributed by atoms with van der Waals surface area (Å²) in [5.74, 6) is 0.613. The summed E-state index contributed by atoms with van der Waals surface area (Å²) in [7, 11) is 1.54. The SMILES string of the molecule is COc1ccc(C(=O)Nc2n[nH]c3sc(OC(=O)O)cc23)cc1. The van der Waals surface area contributed by atoms with Crippen LogP contribution in [0, 0.1) is 0 Å². The normalized spacial score (nSPS) is 10.5. The quantitative estimate of drug-likeness (QED) is 0.633. The molecule has 0 aliphatic heterocycles. The van der Waals surface area contributed by atoms with Gasteiger partial charge in [0.15, 0.2) is 10.9 Å². The van der Waals surface area contributed by atoms with Crippen molar-refractivity contribution in [2.24, 2.45) is 0 Å². The van der Waals surface area contributed by atoms with E-state index in [4.69, 9.17) is 9.84 Å². The van der Waals surface area contributed by atoms with E-state index in [1.807, 2.05) is 0 Å². The van der Waals surface area contributed by atoms with Gasteiger partial charge in [0.1, 0.15) is 10.6 Å². The summed E-state index contributed by atoms with van der Waals surface area (Å²) < 4.78 is 9.63. The second kappa shape index (κ2) is 5.97. The Morgan fingerprint density at radius 1 is 1.30 bits per heavy atom.